The van der Waals surface area contributed by atoms with E-state index in [4.69, 9.17) is 4.74 Å². The first-order chi connectivity index (χ1) is 18.4. The van der Waals surface area contributed by atoms with E-state index in [1.54, 1.807) is 13.0 Å². The van der Waals surface area contributed by atoms with Crippen molar-refractivity contribution in [2.24, 2.45) is 0 Å². The second kappa shape index (κ2) is 12.6. The molecule has 0 saturated carbocycles. The lowest BCUT2D eigenvalue weighted by atomic mass is 9.93. The van der Waals surface area contributed by atoms with E-state index in [2.05, 4.69) is 4.90 Å². The van der Waals surface area contributed by atoms with Gasteiger partial charge in [0.1, 0.15) is 17.5 Å². The van der Waals surface area contributed by atoms with Gasteiger partial charge < -0.3 is 4.74 Å². The van der Waals surface area contributed by atoms with Gasteiger partial charge in [0.2, 0.25) is 0 Å². The largest absolute Gasteiger partial charge is 0.466 e. The van der Waals surface area contributed by atoms with Crippen molar-refractivity contribution in [1.29, 1.82) is 0 Å². The molecule has 0 heterocycles. The van der Waals surface area contributed by atoms with Crippen LogP contribution in [0.15, 0.2) is 97.1 Å². The normalized spacial score (nSPS) is 12.8. The molecule has 2 atom stereocenters. The van der Waals surface area contributed by atoms with Crippen LogP contribution in [-0.2, 0) is 16.1 Å². The molecule has 38 heavy (non-hydrogen) atoms. The van der Waals surface area contributed by atoms with Gasteiger partial charge in [0.05, 0.1) is 13.0 Å². The first-order valence-electron chi connectivity index (χ1n) is 12.6. The van der Waals surface area contributed by atoms with Gasteiger partial charge in [-0.2, -0.15) is 0 Å². The fraction of sp³-hybridized carbons (Fsp3) is 0.219. The molecule has 196 valence electrons. The van der Waals surface area contributed by atoms with Gasteiger partial charge in [0.25, 0.3) is 0 Å². The van der Waals surface area contributed by atoms with E-state index in [0.29, 0.717) is 12.1 Å². The topological polar surface area (TPSA) is 29.5 Å². The van der Waals surface area contributed by atoms with Crippen LogP contribution in [0.1, 0.15) is 49.0 Å². The molecule has 0 bridgehead atoms. The van der Waals surface area contributed by atoms with Gasteiger partial charge in [0, 0.05) is 30.3 Å². The molecule has 0 aromatic heterocycles. The first kappa shape index (κ1) is 27.1. The molecule has 0 aliphatic rings. The Morgan fingerprint density at radius 3 is 2.16 bits per heavy atom. The molecule has 4 aromatic carbocycles. The molecule has 0 N–H and O–H groups in total. The number of hydrogen-bond acceptors (Lipinski definition) is 3. The molecule has 0 aliphatic carbocycles. The van der Waals surface area contributed by atoms with E-state index in [-0.39, 0.29) is 30.2 Å². The van der Waals surface area contributed by atoms with Crippen molar-refractivity contribution in [2.45, 2.75) is 38.9 Å². The smallest absolute Gasteiger partial charge is 0.307 e. The fourth-order valence-electron chi connectivity index (χ4n) is 4.72. The minimum Gasteiger partial charge on any atom is -0.466 e. The quantitative estimate of drug-likeness (QED) is 0.200. The van der Waals surface area contributed by atoms with E-state index in [1.807, 2.05) is 67.6 Å². The summed E-state index contributed by atoms with van der Waals surface area (Å²) in [4.78, 5) is 15.0. The van der Waals surface area contributed by atoms with Crippen LogP contribution >= 0.6 is 0 Å². The van der Waals surface area contributed by atoms with Crippen molar-refractivity contribution < 1.29 is 22.7 Å². The lowest BCUT2D eigenvalue weighted by Gasteiger charge is -2.37. The second-order valence-electron chi connectivity index (χ2n) is 9.17. The molecule has 3 nitrogen and oxygen atoms in total. The zero-order valence-corrected chi connectivity index (χ0v) is 21.4. The molecular formula is C32H30F3NO2. The van der Waals surface area contributed by atoms with Gasteiger partial charge in [-0.15, -0.1) is 0 Å². The summed E-state index contributed by atoms with van der Waals surface area (Å²) in [6, 6.07) is 26.3. The predicted octanol–water partition coefficient (Wildman–Crippen LogP) is 8.03. The number of esters is 1. The monoisotopic (exact) mass is 517 g/mol. The van der Waals surface area contributed by atoms with Crippen LogP contribution in [0.3, 0.4) is 0 Å². The minimum atomic E-state index is -0.790. The summed E-state index contributed by atoms with van der Waals surface area (Å²) in [7, 11) is 0. The Kier molecular flexibility index (Phi) is 8.98. The average Bonchev–Trinajstić information content (AvgIpc) is 2.91. The van der Waals surface area contributed by atoms with Gasteiger partial charge >= 0.3 is 5.97 Å². The second-order valence-corrected chi connectivity index (χ2v) is 9.17. The van der Waals surface area contributed by atoms with Crippen molar-refractivity contribution in [2.75, 3.05) is 6.61 Å². The summed E-state index contributed by atoms with van der Waals surface area (Å²) in [5.41, 5.74) is 2.88. The number of rotatable bonds is 10. The van der Waals surface area contributed by atoms with E-state index in [1.165, 1.54) is 18.2 Å². The molecule has 0 aliphatic heterocycles. The molecule has 0 spiro atoms. The number of nitrogens with zero attached hydrogens (tertiary/aromatic N) is 1. The zero-order chi connectivity index (χ0) is 27.1. The van der Waals surface area contributed by atoms with Crippen molar-refractivity contribution in [3.63, 3.8) is 0 Å². The molecule has 0 amide bonds. The standard InChI is InChI=1S/C32H30F3NO2/c1-3-38-32(37)20-31(26-16-25(17-28(34)18-26)29-15-14-27(33)19-30(29)35)36(21-23-10-6-4-7-11-23)22(2)24-12-8-5-9-13-24/h4-19,22,31H,3,20-21H2,1-2H3/t22-,31+/m1/s1. The Hall–Kier alpha value is -3.90. The van der Waals surface area contributed by atoms with Crippen LogP contribution in [0.4, 0.5) is 13.2 Å². The molecular weight excluding hydrogens is 487 g/mol. The van der Waals surface area contributed by atoms with Crippen molar-refractivity contribution in [1.82, 2.24) is 4.90 Å². The van der Waals surface area contributed by atoms with E-state index < -0.39 is 29.5 Å². The number of carbonyl (C=O) groups is 1. The highest BCUT2D eigenvalue weighted by molar-refractivity contribution is 5.71. The summed E-state index contributed by atoms with van der Waals surface area (Å²) in [6.07, 6.45) is -0.0351. The minimum absolute atomic E-state index is 0.0351. The average molecular weight is 518 g/mol. The molecule has 0 fully saturated rings. The summed E-state index contributed by atoms with van der Waals surface area (Å²) in [5, 5.41) is 0. The summed E-state index contributed by atoms with van der Waals surface area (Å²) < 4.78 is 48.6. The van der Waals surface area contributed by atoms with Crippen molar-refractivity contribution in [3.05, 3.63) is 131 Å². The summed E-state index contributed by atoms with van der Waals surface area (Å²) in [5.74, 6) is -2.51. The lowest BCUT2D eigenvalue weighted by molar-refractivity contribution is -0.145. The number of ether oxygens (including phenoxy) is 1. The SMILES string of the molecule is CCOC(=O)C[C@@H](c1cc(F)cc(-c2ccc(F)cc2F)c1)N(Cc1ccccc1)[C@H](C)c1ccccc1. The molecule has 4 aromatic rings. The van der Waals surface area contributed by atoms with E-state index in [9.17, 15) is 13.6 Å². The van der Waals surface area contributed by atoms with E-state index >= 15 is 4.39 Å². The maximum atomic E-state index is 15.1. The van der Waals surface area contributed by atoms with Gasteiger partial charge in [-0.3, -0.25) is 9.69 Å². The molecule has 6 heteroatoms. The third-order valence-electron chi connectivity index (χ3n) is 6.60. The predicted molar refractivity (Wildman–Crippen MR) is 143 cm³/mol. The van der Waals surface area contributed by atoms with Gasteiger partial charge in [0.15, 0.2) is 0 Å². The maximum absolute atomic E-state index is 15.1. The fourth-order valence-corrected chi connectivity index (χ4v) is 4.72. The first-order valence-corrected chi connectivity index (χ1v) is 12.6. The molecule has 0 saturated heterocycles. The third kappa shape index (κ3) is 6.69. The van der Waals surface area contributed by atoms with Gasteiger partial charge in [-0.1, -0.05) is 60.7 Å². The van der Waals surface area contributed by atoms with Crippen LogP contribution in [0.5, 0.6) is 0 Å². The van der Waals surface area contributed by atoms with Crippen molar-refractivity contribution >= 4 is 5.97 Å². The molecule has 0 unspecified atom stereocenters. The Morgan fingerprint density at radius 1 is 0.816 bits per heavy atom. The van der Waals surface area contributed by atoms with Crippen LogP contribution in [-0.4, -0.2) is 17.5 Å². The zero-order valence-electron chi connectivity index (χ0n) is 21.4. The lowest BCUT2D eigenvalue weighted by Crippen LogP contribution is -2.33. The Morgan fingerprint density at radius 2 is 1.50 bits per heavy atom. The number of hydrogen-bond donors (Lipinski definition) is 0. The summed E-state index contributed by atoms with van der Waals surface area (Å²) >= 11 is 0. The highest BCUT2D eigenvalue weighted by atomic mass is 19.1. The number of benzene rings is 4. The highest BCUT2D eigenvalue weighted by Gasteiger charge is 2.30. The Balaban J connectivity index is 1.84. The van der Waals surface area contributed by atoms with Gasteiger partial charge in [-0.25, -0.2) is 13.2 Å². The molecule has 0 radical (unpaired) electrons. The van der Waals surface area contributed by atoms with Crippen LogP contribution in [0.25, 0.3) is 11.1 Å². The Bertz CT molecular complexity index is 1360. The van der Waals surface area contributed by atoms with Crippen LogP contribution < -0.4 is 0 Å². The van der Waals surface area contributed by atoms with Gasteiger partial charge in [-0.05, 0) is 66.4 Å². The van der Waals surface area contributed by atoms with Crippen LogP contribution in [0.2, 0.25) is 0 Å². The van der Waals surface area contributed by atoms with Crippen molar-refractivity contribution in [3.8, 4) is 11.1 Å². The molecule has 4 rings (SSSR count). The third-order valence-corrected chi connectivity index (χ3v) is 6.60. The van der Waals surface area contributed by atoms with Crippen LogP contribution in [0, 0.1) is 17.5 Å². The Labute approximate surface area is 221 Å². The highest BCUT2D eigenvalue weighted by Crippen LogP contribution is 2.37. The van der Waals surface area contributed by atoms with E-state index in [0.717, 1.165) is 23.3 Å². The number of carbonyl (C=O) groups excluding carboxylic acids is 1. The summed E-state index contributed by atoms with van der Waals surface area (Å²) in [6.45, 7) is 4.46. The number of halogens is 3. The maximum Gasteiger partial charge on any atom is 0.307 e.